The van der Waals surface area contributed by atoms with Crippen LogP contribution in [0.15, 0.2) is 41.9 Å². The number of rotatable bonds is 9. The fraction of sp³-hybridized carbons (Fsp3) is 0.364. The molecule has 0 aliphatic carbocycles. The summed E-state index contributed by atoms with van der Waals surface area (Å²) in [6.45, 7) is 3.60. The van der Waals surface area contributed by atoms with E-state index in [1.54, 1.807) is 35.4 Å². The summed E-state index contributed by atoms with van der Waals surface area (Å²) in [5.41, 5.74) is 1.56. The van der Waals surface area contributed by atoms with Gasteiger partial charge in [-0.05, 0) is 25.8 Å². The molecule has 0 radical (unpaired) electrons. The van der Waals surface area contributed by atoms with Gasteiger partial charge in [0.25, 0.3) is 0 Å². The second kappa shape index (κ2) is 11.3. The zero-order chi connectivity index (χ0) is 24.6. The Morgan fingerprint density at radius 1 is 1.29 bits per heavy atom. The molecule has 2 aromatic heterocycles. The minimum Gasteiger partial charge on any atom is -0.484 e. The third kappa shape index (κ3) is 6.06. The summed E-state index contributed by atoms with van der Waals surface area (Å²) in [6.07, 6.45) is 7.58. The van der Waals surface area contributed by atoms with Crippen LogP contribution in [0, 0.1) is 5.82 Å². The van der Waals surface area contributed by atoms with Crippen LogP contribution in [0.2, 0.25) is 0 Å². The van der Waals surface area contributed by atoms with Crippen LogP contribution in [0.4, 0.5) is 16.0 Å². The number of piperidine rings is 1. The van der Waals surface area contributed by atoms with Gasteiger partial charge in [-0.3, -0.25) is 5.32 Å². The standard InChI is InChI=1S/C22H26FN9O3/c1-2-34-21(33)15-10-25-22(26-11-15)31-7-5-18(6-8-31)32-29-12-17(30-32)13-35-20-4-3-16(9-19(20)23)27-14-28-24/h3-4,9-12,14,18H,2,5-8,13,24H2,1H3,(H,27,28)/p+1. The number of nitrogens with zero attached hydrogens (tertiary/aromatic N) is 7. The lowest BCUT2D eigenvalue weighted by Crippen LogP contribution is -2.76. The van der Waals surface area contributed by atoms with E-state index in [2.05, 4.69) is 30.2 Å². The molecule has 1 saturated heterocycles. The number of esters is 1. The van der Waals surface area contributed by atoms with Crippen LogP contribution in [0.5, 0.6) is 5.75 Å². The van der Waals surface area contributed by atoms with Crippen molar-refractivity contribution in [1.82, 2.24) is 25.0 Å². The molecule has 3 aromatic rings. The molecule has 184 valence electrons. The SMILES string of the molecule is CCOC(=O)c1cnc(N2CCC(n3ncc(COc4ccc([NH2+]C=NN)cc4F)n3)CC2)nc1. The number of carbonyl (C=O) groups is 1. The molecule has 12 nitrogen and oxygen atoms in total. The molecular formula is C22H27FN9O3+. The Morgan fingerprint density at radius 2 is 2.06 bits per heavy atom. The summed E-state index contributed by atoms with van der Waals surface area (Å²) < 4.78 is 24.8. The number of halogens is 1. The van der Waals surface area contributed by atoms with E-state index >= 15 is 0 Å². The second-order valence-corrected chi connectivity index (χ2v) is 7.81. The number of ether oxygens (including phenoxy) is 2. The summed E-state index contributed by atoms with van der Waals surface area (Å²) >= 11 is 0. The number of anilines is 1. The Hall–Kier alpha value is -4.13. The van der Waals surface area contributed by atoms with Gasteiger partial charge in [-0.15, -0.1) is 5.10 Å². The molecular weight excluding hydrogens is 457 g/mol. The van der Waals surface area contributed by atoms with Crippen LogP contribution in [0.25, 0.3) is 0 Å². The van der Waals surface area contributed by atoms with Crippen molar-refractivity contribution in [1.29, 1.82) is 0 Å². The zero-order valence-electron chi connectivity index (χ0n) is 19.2. The predicted octanol–water partition coefficient (Wildman–Crippen LogP) is 0.901. The third-order valence-corrected chi connectivity index (χ3v) is 5.46. The number of aromatic nitrogens is 5. The molecule has 0 saturated carbocycles. The number of hydrogen-bond donors (Lipinski definition) is 2. The minimum absolute atomic E-state index is 0.101. The monoisotopic (exact) mass is 484 g/mol. The van der Waals surface area contributed by atoms with E-state index in [0.717, 1.165) is 25.9 Å². The normalized spacial score (nSPS) is 14.4. The fourth-order valence-electron chi connectivity index (χ4n) is 3.67. The number of nitrogens with two attached hydrogens (primary N) is 2. The van der Waals surface area contributed by atoms with Crippen molar-refractivity contribution in [3.05, 3.63) is 53.9 Å². The zero-order valence-corrected chi connectivity index (χ0v) is 19.2. The molecule has 1 aromatic carbocycles. The molecule has 4 N–H and O–H groups in total. The van der Waals surface area contributed by atoms with Crippen molar-refractivity contribution in [3.63, 3.8) is 0 Å². The Balaban J connectivity index is 1.28. The van der Waals surface area contributed by atoms with Gasteiger partial charge in [0.1, 0.15) is 18.0 Å². The highest BCUT2D eigenvalue weighted by Crippen LogP contribution is 2.24. The largest absolute Gasteiger partial charge is 0.484 e. The molecule has 1 fully saturated rings. The smallest absolute Gasteiger partial charge is 0.341 e. The van der Waals surface area contributed by atoms with Crippen molar-refractivity contribution >= 4 is 23.9 Å². The Kier molecular flexibility index (Phi) is 7.77. The van der Waals surface area contributed by atoms with Gasteiger partial charge in [-0.2, -0.15) is 15.0 Å². The van der Waals surface area contributed by atoms with E-state index in [-0.39, 0.29) is 18.4 Å². The Labute approximate surface area is 200 Å². The maximum atomic E-state index is 14.2. The van der Waals surface area contributed by atoms with Gasteiger partial charge in [0.15, 0.2) is 11.6 Å². The van der Waals surface area contributed by atoms with E-state index in [1.807, 2.05) is 0 Å². The summed E-state index contributed by atoms with van der Waals surface area (Å²) in [4.78, 5) is 24.1. The predicted molar refractivity (Wildman–Crippen MR) is 123 cm³/mol. The van der Waals surface area contributed by atoms with E-state index < -0.39 is 11.8 Å². The first-order chi connectivity index (χ1) is 17.1. The topological polar surface area (TPSA) is 150 Å². The lowest BCUT2D eigenvalue weighted by molar-refractivity contribution is -0.433. The van der Waals surface area contributed by atoms with Gasteiger partial charge in [-0.25, -0.2) is 19.2 Å². The van der Waals surface area contributed by atoms with Crippen LogP contribution >= 0.6 is 0 Å². The van der Waals surface area contributed by atoms with Gasteiger partial charge in [0.05, 0.1) is 24.4 Å². The molecule has 3 heterocycles. The molecule has 0 amide bonds. The summed E-state index contributed by atoms with van der Waals surface area (Å²) in [7, 11) is 0. The number of quaternary nitrogens is 1. The van der Waals surface area contributed by atoms with E-state index in [9.17, 15) is 9.18 Å². The molecule has 35 heavy (non-hydrogen) atoms. The van der Waals surface area contributed by atoms with E-state index in [4.69, 9.17) is 15.3 Å². The van der Waals surface area contributed by atoms with Crippen LogP contribution in [-0.4, -0.2) is 57.0 Å². The molecule has 1 aliphatic heterocycles. The van der Waals surface area contributed by atoms with Crippen molar-refractivity contribution in [3.8, 4) is 5.75 Å². The van der Waals surface area contributed by atoms with Crippen molar-refractivity contribution < 1.29 is 24.0 Å². The Morgan fingerprint density at radius 3 is 2.74 bits per heavy atom. The maximum absolute atomic E-state index is 14.2. The lowest BCUT2D eigenvalue weighted by Gasteiger charge is -2.31. The highest BCUT2D eigenvalue weighted by molar-refractivity contribution is 5.88. The third-order valence-electron chi connectivity index (χ3n) is 5.46. The first-order valence-corrected chi connectivity index (χ1v) is 11.2. The van der Waals surface area contributed by atoms with Gasteiger partial charge < -0.3 is 20.2 Å². The molecule has 4 rings (SSSR count). The summed E-state index contributed by atoms with van der Waals surface area (Å²) in [5.74, 6) is 4.83. The molecule has 0 spiro atoms. The van der Waals surface area contributed by atoms with Gasteiger partial charge in [0.2, 0.25) is 12.3 Å². The lowest BCUT2D eigenvalue weighted by atomic mass is 10.1. The first kappa shape index (κ1) is 24.0. The van der Waals surface area contributed by atoms with Crippen molar-refractivity contribution in [2.24, 2.45) is 10.9 Å². The van der Waals surface area contributed by atoms with Crippen LogP contribution in [-0.2, 0) is 11.3 Å². The summed E-state index contributed by atoms with van der Waals surface area (Å²) in [5, 5.41) is 13.8. The van der Waals surface area contributed by atoms with Gasteiger partial charge in [-0.1, -0.05) is 0 Å². The quantitative estimate of drug-likeness (QED) is 0.113. The number of hydrogen-bond acceptors (Lipinski definition) is 10. The Bertz CT molecular complexity index is 1160. The van der Waals surface area contributed by atoms with Crippen molar-refractivity contribution in [2.45, 2.75) is 32.4 Å². The van der Waals surface area contributed by atoms with Crippen molar-refractivity contribution in [2.75, 3.05) is 24.6 Å². The average molecular weight is 485 g/mol. The highest BCUT2D eigenvalue weighted by atomic mass is 19.1. The van der Waals surface area contributed by atoms with E-state index in [1.165, 1.54) is 24.8 Å². The molecule has 13 heteroatoms. The number of hydrazone groups is 1. The van der Waals surface area contributed by atoms with Gasteiger partial charge in [0, 0.05) is 37.6 Å². The minimum atomic E-state index is -0.485. The highest BCUT2D eigenvalue weighted by Gasteiger charge is 2.24. The maximum Gasteiger partial charge on any atom is 0.341 e. The number of carbonyl (C=O) groups excluding carboxylic acids is 1. The summed E-state index contributed by atoms with van der Waals surface area (Å²) in [6, 6.07) is 4.72. The molecule has 0 bridgehead atoms. The second-order valence-electron chi connectivity index (χ2n) is 7.81. The fourth-order valence-corrected chi connectivity index (χ4v) is 3.67. The molecule has 0 unspecified atom stereocenters. The molecule has 0 atom stereocenters. The average Bonchev–Trinajstić information content (AvgIpc) is 3.36. The van der Waals surface area contributed by atoms with Crippen LogP contribution < -0.4 is 20.8 Å². The van der Waals surface area contributed by atoms with E-state index in [0.29, 0.717) is 29.5 Å². The first-order valence-electron chi connectivity index (χ1n) is 11.2. The van der Waals surface area contributed by atoms with Crippen LogP contribution in [0.3, 0.4) is 0 Å². The van der Waals surface area contributed by atoms with Gasteiger partial charge >= 0.3 is 5.97 Å². The molecule has 1 aliphatic rings. The van der Waals surface area contributed by atoms with Crippen LogP contribution in [0.1, 0.15) is 41.9 Å². The number of benzene rings is 1.